The molecule has 31 heavy (non-hydrogen) atoms. The molecule has 170 valence electrons. The summed E-state index contributed by atoms with van der Waals surface area (Å²) in [5.41, 5.74) is 2.44. The Labute approximate surface area is 186 Å². The molecule has 0 radical (unpaired) electrons. The molecule has 1 fully saturated rings. The van der Waals surface area contributed by atoms with Crippen molar-refractivity contribution in [2.45, 2.75) is 45.5 Å². The third kappa shape index (κ3) is 6.86. The van der Waals surface area contributed by atoms with Gasteiger partial charge in [-0.2, -0.15) is 0 Å². The molecule has 6 heteroatoms. The quantitative estimate of drug-likeness (QED) is 0.625. The number of methoxy groups -OCH3 is 2. The van der Waals surface area contributed by atoms with Crippen LogP contribution >= 0.6 is 0 Å². The number of rotatable bonds is 10. The van der Waals surface area contributed by atoms with E-state index in [0.717, 1.165) is 62.0 Å². The van der Waals surface area contributed by atoms with Gasteiger partial charge in [-0.05, 0) is 55.7 Å². The maximum atomic E-state index is 9.65. The zero-order valence-electron chi connectivity index (χ0n) is 19.2. The van der Waals surface area contributed by atoms with E-state index in [-0.39, 0.29) is 12.7 Å². The van der Waals surface area contributed by atoms with Gasteiger partial charge in [0.25, 0.3) is 0 Å². The highest BCUT2D eigenvalue weighted by Crippen LogP contribution is 2.25. The Balaban J connectivity index is 1.62. The molecule has 1 heterocycles. The lowest BCUT2D eigenvalue weighted by Gasteiger charge is -2.41. The van der Waals surface area contributed by atoms with Gasteiger partial charge in [0, 0.05) is 51.4 Å². The zero-order chi connectivity index (χ0) is 22.2. The number of hydrogen-bond donors (Lipinski definition) is 1. The minimum Gasteiger partial charge on any atom is -0.497 e. The Kier molecular flexibility index (Phi) is 8.58. The normalized spacial score (nSPS) is 17.7. The summed E-state index contributed by atoms with van der Waals surface area (Å²) in [6.07, 6.45) is 0.946. The fourth-order valence-electron chi connectivity index (χ4n) is 4.13. The van der Waals surface area contributed by atoms with Crippen molar-refractivity contribution in [1.29, 1.82) is 0 Å². The van der Waals surface area contributed by atoms with Crippen LogP contribution in [0.5, 0.6) is 17.2 Å². The van der Waals surface area contributed by atoms with E-state index in [0.29, 0.717) is 6.04 Å². The summed E-state index contributed by atoms with van der Waals surface area (Å²) < 4.78 is 16.6. The molecule has 1 N–H and O–H groups in total. The van der Waals surface area contributed by atoms with Crippen molar-refractivity contribution in [1.82, 2.24) is 9.80 Å². The molecule has 1 aliphatic rings. The molecule has 1 atom stereocenters. The van der Waals surface area contributed by atoms with Gasteiger partial charge in [-0.15, -0.1) is 0 Å². The SMILES string of the molecule is COc1cc(CN2CCN(Cc3ccc(OC(C)C)cc3)C[C@H]2CCO)cc(OC)c1. The van der Waals surface area contributed by atoms with Crippen LogP contribution in [0.15, 0.2) is 42.5 Å². The van der Waals surface area contributed by atoms with Crippen molar-refractivity contribution in [3.8, 4) is 17.2 Å². The summed E-state index contributed by atoms with van der Waals surface area (Å²) in [7, 11) is 3.35. The van der Waals surface area contributed by atoms with E-state index in [2.05, 4.69) is 34.1 Å². The number of aliphatic hydroxyl groups excluding tert-OH is 1. The third-order valence-electron chi connectivity index (χ3n) is 5.65. The lowest BCUT2D eigenvalue weighted by molar-refractivity contribution is 0.0499. The molecule has 0 amide bonds. The second kappa shape index (κ2) is 11.4. The molecule has 0 saturated carbocycles. The number of piperazine rings is 1. The Morgan fingerprint density at radius 1 is 0.903 bits per heavy atom. The van der Waals surface area contributed by atoms with Crippen LogP contribution in [-0.2, 0) is 13.1 Å². The Bertz CT molecular complexity index is 787. The van der Waals surface area contributed by atoms with Crippen molar-refractivity contribution in [2.24, 2.45) is 0 Å². The maximum absolute atomic E-state index is 9.65. The molecule has 1 saturated heterocycles. The molecule has 2 aromatic rings. The van der Waals surface area contributed by atoms with Crippen LogP contribution in [0.1, 0.15) is 31.4 Å². The van der Waals surface area contributed by atoms with Crippen LogP contribution in [0.2, 0.25) is 0 Å². The molecule has 0 unspecified atom stereocenters. The molecule has 1 aliphatic heterocycles. The van der Waals surface area contributed by atoms with Crippen LogP contribution in [0, 0.1) is 0 Å². The number of benzene rings is 2. The highest BCUT2D eigenvalue weighted by Gasteiger charge is 2.27. The van der Waals surface area contributed by atoms with Crippen molar-refractivity contribution < 1.29 is 19.3 Å². The second-order valence-electron chi connectivity index (χ2n) is 8.40. The Morgan fingerprint density at radius 2 is 1.58 bits per heavy atom. The monoisotopic (exact) mass is 428 g/mol. The second-order valence-corrected chi connectivity index (χ2v) is 8.40. The fraction of sp³-hybridized carbons (Fsp3) is 0.520. The molecule has 6 nitrogen and oxygen atoms in total. The van der Waals surface area contributed by atoms with Crippen molar-refractivity contribution in [3.05, 3.63) is 53.6 Å². The number of aliphatic hydroxyl groups is 1. The maximum Gasteiger partial charge on any atom is 0.122 e. The highest BCUT2D eigenvalue weighted by atomic mass is 16.5. The van der Waals surface area contributed by atoms with Gasteiger partial charge in [-0.3, -0.25) is 9.80 Å². The molecule has 0 aromatic heterocycles. The first-order chi connectivity index (χ1) is 15.0. The largest absolute Gasteiger partial charge is 0.497 e. The van der Waals surface area contributed by atoms with E-state index in [1.807, 2.05) is 32.0 Å². The molecule has 0 spiro atoms. The van der Waals surface area contributed by atoms with Gasteiger partial charge in [-0.25, -0.2) is 0 Å². The van der Waals surface area contributed by atoms with Crippen LogP contribution in [0.25, 0.3) is 0 Å². The van der Waals surface area contributed by atoms with Gasteiger partial charge in [0.2, 0.25) is 0 Å². The summed E-state index contributed by atoms with van der Waals surface area (Å²) in [5.74, 6) is 2.52. The van der Waals surface area contributed by atoms with E-state index in [4.69, 9.17) is 14.2 Å². The first kappa shape index (κ1) is 23.4. The molecular weight excluding hydrogens is 392 g/mol. The van der Waals surface area contributed by atoms with Gasteiger partial charge >= 0.3 is 0 Å². The third-order valence-corrected chi connectivity index (χ3v) is 5.65. The van der Waals surface area contributed by atoms with E-state index in [1.54, 1.807) is 14.2 Å². The summed E-state index contributed by atoms with van der Waals surface area (Å²) in [4.78, 5) is 4.93. The first-order valence-corrected chi connectivity index (χ1v) is 11.1. The number of nitrogens with zero attached hydrogens (tertiary/aromatic N) is 2. The summed E-state index contributed by atoms with van der Waals surface area (Å²) in [6.45, 7) is 8.88. The van der Waals surface area contributed by atoms with Gasteiger partial charge in [0.15, 0.2) is 0 Å². The highest BCUT2D eigenvalue weighted by molar-refractivity contribution is 5.38. The van der Waals surface area contributed by atoms with E-state index >= 15 is 0 Å². The summed E-state index contributed by atoms with van der Waals surface area (Å²) >= 11 is 0. The van der Waals surface area contributed by atoms with Crippen LogP contribution in [-0.4, -0.2) is 67.5 Å². The minimum absolute atomic E-state index is 0.183. The molecule has 3 rings (SSSR count). The number of hydrogen-bond acceptors (Lipinski definition) is 6. The molecule has 2 aromatic carbocycles. The lowest BCUT2D eigenvalue weighted by Crippen LogP contribution is -2.52. The first-order valence-electron chi connectivity index (χ1n) is 11.1. The van der Waals surface area contributed by atoms with E-state index in [1.165, 1.54) is 5.56 Å². The Morgan fingerprint density at radius 3 is 2.16 bits per heavy atom. The fourth-order valence-corrected chi connectivity index (χ4v) is 4.13. The predicted molar refractivity (Wildman–Crippen MR) is 123 cm³/mol. The summed E-state index contributed by atoms with van der Waals surface area (Å²) in [5, 5.41) is 9.65. The average Bonchev–Trinajstić information content (AvgIpc) is 2.76. The lowest BCUT2D eigenvalue weighted by atomic mass is 10.1. The zero-order valence-corrected chi connectivity index (χ0v) is 19.2. The standard InChI is InChI=1S/C25H36N2O4/c1-19(2)31-23-7-5-20(6-8-23)16-26-10-11-27(22(18-26)9-12-28)17-21-13-24(29-3)15-25(14-21)30-4/h5-8,13-15,19,22,28H,9-12,16-18H2,1-4H3/t22-/m1/s1. The van der Waals surface area contributed by atoms with Gasteiger partial charge in [0.1, 0.15) is 17.2 Å². The smallest absolute Gasteiger partial charge is 0.122 e. The van der Waals surface area contributed by atoms with Crippen molar-refractivity contribution in [3.63, 3.8) is 0 Å². The average molecular weight is 429 g/mol. The molecule has 0 bridgehead atoms. The van der Waals surface area contributed by atoms with E-state index < -0.39 is 0 Å². The topological polar surface area (TPSA) is 54.4 Å². The molecule has 0 aliphatic carbocycles. The van der Waals surface area contributed by atoms with E-state index in [9.17, 15) is 5.11 Å². The van der Waals surface area contributed by atoms with Crippen LogP contribution in [0.4, 0.5) is 0 Å². The van der Waals surface area contributed by atoms with Gasteiger partial charge in [-0.1, -0.05) is 12.1 Å². The van der Waals surface area contributed by atoms with Gasteiger partial charge < -0.3 is 19.3 Å². The Hall–Kier alpha value is -2.28. The van der Waals surface area contributed by atoms with Crippen LogP contribution in [0.3, 0.4) is 0 Å². The minimum atomic E-state index is 0.183. The van der Waals surface area contributed by atoms with Crippen molar-refractivity contribution in [2.75, 3.05) is 40.5 Å². The van der Waals surface area contributed by atoms with Crippen LogP contribution < -0.4 is 14.2 Å². The number of ether oxygens (including phenoxy) is 3. The molecular formula is C25H36N2O4. The van der Waals surface area contributed by atoms with Crippen molar-refractivity contribution >= 4 is 0 Å². The summed E-state index contributed by atoms with van der Waals surface area (Å²) in [6, 6.07) is 14.7. The predicted octanol–water partition coefficient (Wildman–Crippen LogP) is 3.56. The van der Waals surface area contributed by atoms with Gasteiger partial charge in [0.05, 0.1) is 20.3 Å².